The maximum absolute atomic E-state index is 13.3. The predicted molar refractivity (Wildman–Crippen MR) is 133 cm³/mol. The van der Waals surface area contributed by atoms with E-state index in [1.54, 1.807) is 30.3 Å². The first-order valence-corrected chi connectivity index (χ1v) is 13.3. The highest BCUT2D eigenvalue weighted by molar-refractivity contribution is 7.87. The second-order valence-corrected chi connectivity index (χ2v) is 10.0. The number of alkyl halides is 3. The molecule has 4 rings (SSSR count). The van der Waals surface area contributed by atoms with Crippen molar-refractivity contribution in [1.82, 2.24) is 0 Å². The Balaban J connectivity index is 1.66. The lowest BCUT2D eigenvalue weighted by Crippen LogP contribution is -2.44. The number of carbonyl (C=O) groups excluding carboxylic acids is 3. The van der Waals surface area contributed by atoms with Gasteiger partial charge in [0.1, 0.15) is 12.7 Å². The van der Waals surface area contributed by atoms with Crippen LogP contribution in [0.2, 0.25) is 0 Å². The van der Waals surface area contributed by atoms with Crippen LogP contribution in [0.25, 0.3) is 0 Å². The summed E-state index contributed by atoms with van der Waals surface area (Å²) in [5.41, 5.74) is -5.87. The third-order valence-electron chi connectivity index (χ3n) is 5.66. The Morgan fingerprint density at radius 3 is 1.59 bits per heavy atom. The Kier molecular flexibility index (Phi) is 9.05. The van der Waals surface area contributed by atoms with E-state index in [4.69, 9.17) is 18.9 Å². The maximum atomic E-state index is 13.3. The number of carbonyl (C=O) groups is 3. The van der Waals surface area contributed by atoms with Crippen molar-refractivity contribution in [2.45, 2.75) is 30.1 Å². The number of rotatable bonds is 9. The summed E-state index contributed by atoms with van der Waals surface area (Å²) in [6, 6.07) is 22.0. The molecule has 216 valence electrons. The predicted octanol–water partition coefficient (Wildman–Crippen LogP) is 3.89. The average Bonchev–Trinajstić information content (AvgIpc) is 3.26. The van der Waals surface area contributed by atoms with E-state index in [9.17, 15) is 36.0 Å². The summed E-state index contributed by atoms with van der Waals surface area (Å²) in [5.74, 6) is -3.07. The van der Waals surface area contributed by atoms with Crippen molar-refractivity contribution in [3.05, 3.63) is 108 Å². The van der Waals surface area contributed by atoms with Crippen LogP contribution in [0.15, 0.2) is 91.0 Å². The number of ether oxygens (including phenoxy) is 4. The maximum Gasteiger partial charge on any atom is 0.523 e. The van der Waals surface area contributed by atoms with E-state index in [1.165, 1.54) is 60.7 Å². The van der Waals surface area contributed by atoms with Gasteiger partial charge < -0.3 is 18.9 Å². The van der Waals surface area contributed by atoms with Gasteiger partial charge in [-0.05, 0) is 36.4 Å². The molecule has 1 saturated heterocycles. The molecule has 4 atom stereocenters. The minimum absolute atomic E-state index is 0.0466. The summed E-state index contributed by atoms with van der Waals surface area (Å²) < 4.78 is 89.5. The molecular formula is C27H21F3O10S. The van der Waals surface area contributed by atoms with E-state index >= 15 is 0 Å². The van der Waals surface area contributed by atoms with Crippen LogP contribution in [-0.4, -0.2) is 63.0 Å². The minimum Gasteiger partial charge on any atom is -0.459 e. The van der Waals surface area contributed by atoms with Gasteiger partial charge in [-0.15, -0.1) is 0 Å². The lowest BCUT2D eigenvalue weighted by Gasteiger charge is -2.24. The molecule has 1 fully saturated rings. The van der Waals surface area contributed by atoms with Crippen molar-refractivity contribution in [1.29, 1.82) is 0 Å². The van der Waals surface area contributed by atoms with E-state index in [-0.39, 0.29) is 16.7 Å². The van der Waals surface area contributed by atoms with Gasteiger partial charge >= 0.3 is 33.5 Å². The summed E-state index contributed by atoms with van der Waals surface area (Å²) in [4.78, 5) is 38.0. The van der Waals surface area contributed by atoms with Crippen LogP contribution in [0.5, 0.6) is 0 Å². The smallest absolute Gasteiger partial charge is 0.459 e. The molecule has 10 nitrogen and oxygen atoms in total. The first-order valence-electron chi connectivity index (χ1n) is 11.9. The topological polar surface area (TPSA) is 132 Å². The fraction of sp³-hybridized carbons (Fsp3) is 0.222. The summed E-state index contributed by atoms with van der Waals surface area (Å²) in [5, 5.41) is 0. The number of hydrogen-bond donors (Lipinski definition) is 0. The lowest BCUT2D eigenvalue weighted by molar-refractivity contribution is -0.138. The molecule has 0 bridgehead atoms. The molecule has 1 aliphatic rings. The zero-order valence-corrected chi connectivity index (χ0v) is 21.6. The van der Waals surface area contributed by atoms with Gasteiger partial charge in [0, 0.05) is 0 Å². The van der Waals surface area contributed by atoms with E-state index in [0.717, 1.165) is 0 Å². The van der Waals surface area contributed by atoms with Gasteiger partial charge in [0.05, 0.1) is 16.7 Å². The van der Waals surface area contributed by atoms with E-state index in [0.29, 0.717) is 0 Å². The first kappa shape index (κ1) is 29.7. The van der Waals surface area contributed by atoms with Gasteiger partial charge in [0.2, 0.25) is 6.29 Å². The van der Waals surface area contributed by atoms with Crippen molar-refractivity contribution in [2.75, 3.05) is 6.61 Å². The zero-order valence-electron chi connectivity index (χ0n) is 20.8. The van der Waals surface area contributed by atoms with Gasteiger partial charge in [-0.1, -0.05) is 54.6 Å². The Hall–Kier alpha value is -4.27. The second-order valence-electron chi connectivity index (χ2n) is 8.48. The normalized spacial score (nSPS) is 20.7. The van der Waals surface area contributed by atoms with Gasteiger partial charge in [-0.2, -0.15) is 21.6 Å². The first-order chi connectivity index (χ1) is 19.5. The molecule has 14 heteroatoms. The molecule has 0 N–H and O–H groups in total. The SMILES string of the molecule is O=C(OC[C@H]1O[C@H](OC(=O)c2ccccc2)[C@H](OS(=O)(=O)C(F)(F)F)[C@@H]1OC(=O)c1ccccc1)c1ccccc1. The van der Waals surface area contributed by atoms with Gasteiger partial charge in [0.15, 0.2) is 12.2 Å². The van der Waals surface area contributed by atoms with Gasteiger partial charge in [-0.3, -0.25) is 0 Å². The van der Waals surface area contributed by atoms with Crippen molar-refractivity contribution in [3.8, 4) is 0 Å². The highest BCUT2D eigenvalue weighted by Gasteiger charge is 2.57. The number of benzene rings is 3. The van der Waals surface area contributed by atoms with Crippen LogP contribution in [-0.2, 0) is 33.2 Å². The fourth-order valence-corrected chi connectivity index (χ4v) is 4.30. The third-order valence-corrected chi connectivity index (χ3v) is 6.70. The standard InChI is InChI=1S/C27H21F3O10S/c28-27(29,30)41(34,35)40-22-21(38-24(32)18-12-6-2-7-13-18)20(16-36-23(31)17-10-4-1-5-11-17)37-26(22)39-25(33)19-14-8-3-9-15-19/h1-15,20-22,26H,16H2/t20-,21-,22-,26-/m1/s1. The molecule has 0 amide bonds. The van der Waals surface area contributed by atoms with Crippen LogP contribution < -0.4 is 0 Å². The Bertz CT molecular complexity index is 1470. The summed E-state index contributed by atoms with van der Waals surface area (Å²) >= 11 is 0. The zero-order chi connectivity index (χ0) is 29.6. The molecule has 0 unspecified atom stereocenters. The monoisotopic (exact) mass is 594 g/mol. The van der Waals surface area contributed by atoms with E-state index < -0.39 is 64.7 Å². The molecule has 3 aromatic carbocycles. The van der Waals surface area contributed by atoms with Crippen LogP contribution in [0, 0.1) is 0 Å². The highest BCUT2D eigenvalue weighted by Crippen LogP contribution is 2.34. The average molecular weight is 595 g/mol. The van der Waals surface area contributed by atoms with Crippen LogP contribution in [0.4, 0.5) is 13.2 Å². The van der Waals surface area contributed by atoms with Crippen molar-refractivity contribution in [3.63, 3.8) is 0 Å². The number of esters is 3. The third kappa shape index (κ3) is 7.28. The highest BCUT2D eigenvalue weighted by atomic mass is 32.2. The van der Waals surface area contributed by atoms with Crippen LogP contribution in [0.3, 0.4) is 0 Å². The van der Waals surface area contributed by atoms with Gasteiger partial charge in [-0.25, -0.2) is 18.6 Å². The summed E-state index contributed by atoms with van der Waals surface area (Å²) in [6.07, 6.45) is -8.02. The number of hydrogen-bond acceptors (Lipinski definition) is 10. The fourth-order valence-electron chi connectivity index (χ4n) is 3.70. The van der Waals surface area contributed by atoms with Crippen LogP contribution >= 0.6 is 0 Å². The molecule has 41 heavy (non-hydrogen) atoms. The van der Waals surface area contributed by atoms with Crippen molar-refractivity contribution >= 4 is 28.0 Å². The molecule has 0 radical (unpaired) electrons. The minimum atomic E-state index is -6.32. The Labute approximate surface area is 231 Å². The second kappa shape index (κ2) is 12.5. The summed E-state index contributed by atoms with van der Waals surface area (Å²) in [7, 11) is -6.32. The Morgan fingerprint density at radius 1 is 0.683 bits per heavy atom. The van der Waals surface area contributed by atoms with Crippen molar-refractivity contribution in [2.24, 2.45) is 0 Å². The lowest BCUT2D eigenvalue weighted by atomic mass is 10.1. The quantitative estimate of drug-likeness (QED) is 0.156. The molecule has 1 aliphatic heterocycles. The number of halogens is 3. The summed E-state index contributed by atoms with van der Waals surface area (Å²) in [6.45, 7) is -0.744. The molecule has 0 spiro atoms. The molecule has 1 heterocycles. The van der Waals surface area contributed by atoms with Crippen molar-refractivity contribution < 1.29 is 59.1 Å². The van der Waals surface area contributed by atoms with Crippen LogP contribution in [0.1, 0.15) is 31.1 Å². The van der Waals surface area contributed by atoms with Gasteiger partial charge in [0.25, 0.3) is 0 Å². The molecule has 0 saturated carbocycles. The molecular weight excluding hydrogens is 573 g/mol. The molecule has 3 aromatic rings. The molecule has 0 aromatic heterocycles. The van der Waals surface area contributed by atoms with E-state index in [2.05, 4.69) is 4.18 Å². The Morgan fingerprint density at radius 2 is 1.12 bits per heavy atom. The van der Waals surface area contributed by atoms with E-state index in [1.807, 2.05) is 0 Å². The molecule has 0 aliphatic carbocycles. The largest absolute Gasteiger partial charge is 0.523 e.